The van der Waals surface area contributed by atoms with Gasteiger partial charge in [0.15, 0.2) is 0 Å². The number of halogens is 1. The van der Waals surface area contributed by atoms with Crippen LogP contribution in [0.4, 0.5) is 4.39 Å². The van der Waals surface area contributed by atoms with Gasteiger partial charge in [0, 0.05) is 24.6 Å². The van der Waals surface area contributed by atoms with Crippen LogP contribution in [0.1, 0.15) is 50.5 Å². The van der Waals surface area contributed by atoms with Crippen molar-refractivity contribution in [2.75, 3.05) is 19.6 Å². The van der Waals surface area contributed by atoms with Gasteiger partial charge in [-0.1, -0.05) is 37.5 Å². The summed E-state index contributed by atoms with van der Waals surface area (Å²) < 4.78 is 13.7. The average Bonchev–Trinajstić information content (AvgIpc) is 2.63. The lowest BCUT2D eigenvalue weighted by Gasteiger charge is -2.32. The minimum absolute atomic E-state index is 0.130. The van der Waals surface area contributed by atoms with Crippen LogP contribution in [0, 0.1) is 17.7 Å². The molecule has 4 heteroatoms. The second-order valence-corrected chi connectivity index (χ2v) is 7.39. The zero-order valence-electron chi connectivity index (χ0n) is 14.5. The molecule has 0 radical (unpaired) electrons. The number of nitrogens with zero attached hydrogens (tertiary/aromatic N) is 1. The molecule has 0 unspecified atom stereocenters. The molecule has 1 aromatic carbocycles. The van der Waals surface area contributed by atoms with Gasteiger partial charge in [0.2, 0.25) is 5.91 Å². The lowest BCUT2D eigenvalue weighted by atomic mass is 9.89. The fraction of sp³-hybridized carbons (Fsp3) is 0.650. The zero-order valence-corrected chi connectivity index (χ0v) is 14.5. The van der Waals surface area contributed by atoms with Crippen molar-refractivity contribution < 1.29 is 9.18 Å². The molecule has 0 spiro atoms. The van der Waals surface area contributed by atoms with E-state index in [9.17, 15) is 9.18 Å². The Labute approximate surface area is 144 Å². The molecule has 1 aliphatic heterocycles. The van der Waals surface area contributed by atoms with Gasteiger partial charge in [-0.15, -0.1) is 0 Å². The number of piperidine rings is 1. The maximum atomic E-state index is 13.7. The Balaban J connectivity index is 1.39. The van der Waals surface area contributed by atoms with E-state index < -0.39 is 0 Å². The van der Waals surface area contributed by atoms with Crippen LogP contribution in [0.3, 0.4) is 0 Å². The maximum Gasteiger partial charge on any atom is 0.223 e. The maximum absolute atomic E-state index is 13.7. The number of likely N-dealkylation sites (tertiary alicyclic amines) is 1. The second kappa shape index (κ2) is 8.61. The predicted octanol–water partition coefficient (Wildman–Crippen LogP) is 3.73. The molecule has 1 aromatic rings. The van der Waals surface area contributed by atoms with E-state index in [4.69, 9.17) is 0 Å². The first-order valence-corrected chi connectivity index (χ1v) is 9.46. The van der Waals surface area contributed by atoms with Gasteiger partial charge in [-0.3, -0.25) is 9.69 Å². The van der Waals surface area contributed by atoms with Crippen molar-refractivity contribution in [2.45, 2.75) is 51.5 Å². The fourth-order valence-electron chi connectivity index (χ4n) is 4.00. The first kappa shape index (κ1) is 17.4. The normalized spacial score (nSPS) is 20.9. The van der Waals surface area contributed by atoms with E-state index in [-0.39, 0.29) is 17.6 Å². The molecule has 24 heavy (non-hydrogen) atoms. The third-order valence-corrected chi connectivity index (χ3v) is 5.60. The SMILES string of the molecule is O=C(NCC1CCCCC1)C1CCN(Cc2ccccc2F)CC1. The summed E-state index contributed by atoms with van der Waals surface area (Å²) in [4.78, 5) is 14.6. The lowest BCUT2D eigenvalue weighted by Crippen LogP contribution is -2.41. The number of hydrogen-bond acceptors (Lipinski definition) is 2. The number of rotatable bonds is 5. The molecule has 3 rings (SSSR count). The highest BCUT2D eigenvalue weighted by Crippen LogP contribution is 2.24. The summed E-state index contributed by atoms with van der Waals surface area (Å²) in [5.41, 5.74) is 0.748. The summed E-state index contributed by atoms with van der Waals surface area (Å²) in [6.07, 6.45) is 8.27. The molecule has 1 saturated heterocycles. The predicted molar refractivity (Wildman–Crippen MR) is 94.0 cm³/mol. The molecular formula is C20H29FN2O. The monoisotopic (exact) mass is 332 g/mol. The van der Waals surface area contributed by atoms with Crippen LogP contribution in [0.25, 0.3) is 0 Å². The van der Waals surface area contributed by atoms with Crippen LogP contribution in [0.15, 0.2) is 24.3 Å². The van der Waals surface area contributed by atoms with Crippen molar-refractivity contribution in [1.82, 2.24) is 10.2 Å². The quantitative estimate of drug-likeness (QED) is 0.891. The Bertz CT molecular complexity index is 534. The Morgan fingerprint density at radius 3 is 2.50 bits per heavy atom. The summed E-state index contributed by atoms with van der Waals surface area (Å²) in [5.74, 6) is 0.908. The number of benzene rings is 1. The van der Waals surface area contributed by atoms with Crippen LogP contribution in [-0.4, -0.2) is 30.4 Å². The second-order valence-electron chi connectivity index (χ2n) is 7.39. The Morgan fingerprint density at radius 2 is 1.79 bits per heavy atom. The molecule has 0 atom stereocenters. The highest BCUT2D eigenvalue weighted by Gasteiger charge is 2.26. The van der Waals surface area contributed by atoms with E-state index in [1.54, 1.807) is 6.07 Å². The molecule has 2 aliphatic rings. The third-order valence-electron chi connectivity index (χ3n) is 5.60. The zero-order chi connectivity index (χ0) is 16.8. The van der Waals surface area contributed by atoms with E-state index in [0.717, 1.165) is 38.0 Å². The molecule has 0 aromatic heterocycles. The Hall–Kier alpha value is -1.42. The van der Waals surface area contributed by atoms with Gasteiger partial charge >= 0.3 is 0 Å². The van der Waals surface area contributed by atoms with E-state index in [2.05, 4.69) is 10.2 Å². The van der Waals surface area contributed by atoms with Crippen LogP contribution in [-0.2, 0) is 11.3 Å². The smallest absolute Gasteiger partial charge is 0.223 e. The highest BCUT2D eigenvalue weighted by molar-refractivity contribution is 5.78. The van der Waals surface area contributed by atoms with Crippen molar-refractivity contribution >= 4 is 5.91 Å². The Kier molecular flexibility index (Phi) is 6.24. The van der Waals surface area contributed by atoms with Crippen LogP contribution < -0.4 is 5.32 Å². The highest BCUT2D eigenvalue weighted by atomic mass is 19.1. The fourth-order valence-corrected chi connectivity index (χ4v) is 4.00. The number of carbonyl (C=O) groups is 1. The molecule has 1 N–H and O–H groups in total. The van der Waals surface area contributed by atoms with Crippen molar-refractivity contribution in [3.8, 4) is 0 Å². The van der Waals surface area contributed by atoms with Crippen molar-refractivity contribution in [1.29, 1.82) is 0 Å². The van der Waals surface area contributed by atoms with Gasteiger partial charge in [0.05, 0.1) is 0 Å². The largest absolute Gasteiger partial charge is 0.356 e. The van der Waals surface area contributed by atoms with Gasteiger partial charge in [-0.2, -0.15) is 0 Å². The molecule has 132 valence electrons. The number of hydrogen-bond donors (Lipinski definition) is 1. The van der Waals surface area contributed by atoms with Crippen LogP contribution in [0.5, 0.6) is 0 Å². The van der Waals surface area contributed by atoms with Crippen molar-refractivity contribution in [3.05, 3.63) is 35.6 Å². The molecule has 3 nitrogen and oxygen atoms in total. The number of carbonyl (C=O) groups excluding carboxylic acids is 1. The molecule has 1 heterocycles. The average molecular weight is 332 g/mol. The van der Waals surface area contributed by atoms with Gasteiger partial charge < -0.3 is 5.32 Å². The van der Waals surface area contributed by atoms with Gasteiger partial charge in [0.1, 0.15) is 5.82 Å². The van der Waals surface area contributed by atoms with Crippen LogP contribution in [0.2, 0.25) is 0 Å². The summed E-state index contributed by atoms with van der Waals surface area (Å²) in [6, 6.07) is 6.96. The van der Waals surface area contributed by atoms with Crippen LogP contribution >= 0.6 is 0 Å². The minimum atomic E-state index is -0.134. The number of nitrogens with one attached hydrogen (secondary N) is 1. The van der Waals surface area contributed by atoms with Crippen molar-refractivity contribution in [3.63, 3.8) is 0 Å². The van der Waals surface area contributed by atoms with E-state index in [1.165, 1.54) is 38.2 Å². The molecule has 1 aliphatic carbocycles. The van der Waals surface area contributed by atoms with E-state index in [0.29, 0.717) is 12.5 Å². The van der Waals surface area contributed by atoms with Gasteiger partial charge in [0.25, 0.3) is 0 Å². The van der Waals surface area contributed by atoms with E-state index in [1.807, 2.05) is 12.1 Å². The first-order valence-electron chi connectivity index (χ1n) is 9.46. The number of amides is 1. The molecule has 1 saturated carbocycles. The summed E-state index contributed by atoms with van der Waals surface area (Å²) in [7, 11) is 0. The summed E-state index contributed by atoms with van der Waals surface area (Å²) in [6.45, 7) is 3.24. The molecular weight excluding hydrogens is 303 g/mol. The standard InChI is InChI=1S/C20H29FN2O/c21-19-9-5-4-8-18(19)15-23-12-10-17(11-13-23)20(24)22-14-16-6-2-1-3-7-16/h4-5,8-9,16-17H,1-3,6-7,10-15H2,(H,22,24). The third kappa shape index (κ3) is 4.79. The summed E-state index contributed by atoms with van der Waals surface area (Å²) in [5, 5.41) is 3.18. The van der Waals surface area contributed by atoms with Gasteiger partial charge in [-0.05, 0) is 50.8 Å². The molecule has 1 amide bonds. The summed E-state index contributed by atoms with van der Waals surface area (Å²) >= 11 is 0. The molecule has 2 fully saturated rings. The van der Waals surface area contributed by atoms with E-state index >= 15 is 0 Å². The lowest BCUT2D eigenvalue weighted by molar-refractivity contribution is -0.126. The van der Waals surface area contributed by atoms with Gasteiger partial charge in [-0.25, -0.2) is 4.39 Å². The molecule has 0 bridgehead atoms. The topological polar surface area (TPSA) is 32.3 Å². The minimum Gasteiger partial charge on any atom is -0.356 e. The first-order chi connectivity index (χ1) is 11.7. The Morgan fingerprint density at radius 1 is 1.08 bits per heavy atom. The van der Waals surface area contributed by atoms with Crippen molar-refractivity contribution in [2.24, 2.45) is 11.8 Å².